The van der Waals surface area contributed by atoms with Crippen molar-refractivity contribution in [1.82, 2.24) is 4.57 Å². The van der Waals surface area contributed by atoms with Gasteiger partial charge in [-0.05, 0) is 51.5 Å². The number of ether oxygens (including phenoxy) is 1. The standard InChI is InChI=1S/C14H16ClNO2/c1-9-7-11(15)10-5-6-16(12(10)8-9)13(17)18-14(2,3)4/h5-8H,1-4H3. The van der Waals surface area contributed by atoms with E-state index in [2.05, 4.69) is 0 Å². The van der Waals surface area contributed by atoms with Crippen molar-refractivity contribution in [3.8, 4) is 0 Å². The minimum Gasteiger partial charge on any atom is -0.443 e. The molecule has 0 bridgehead atoms. The van der Waals surface area contributed by atoms with Crippen molar-refractivity contribution >= 4 is 28.6 Å². The second-order valence-corrected chi connectivity index (χ2v) is 5.75. The van der Waals surface area contributed by atoms with Gasteiger partial charge in [0.2, 0.25) is 0 Å². The Morgan fingerprint density at radius 1 is 1.33 bits per heavy atom. The highest BCUT2D eigenvalue weighted by Gasteiger charge is 2.19. The van der Waals surface area contributed by atoms with Crippen LogP contribution >= 0.6 is 11.6 Å². The second-order valence-electron chi connectivity index (χ2n) is 5.35. The fourth-order valence-electron chi connectivity index (χ4n) is 1.80. The quantitative estimate of drug-likeness (QED) is 0.707. The maximum absolute atomic E-state index is 12.1. The Labute approximate surface area is 111 Å². The first-order valence-electron chi connectivity index (χ1n) is 5.78. The lowest BCUT2D eigenvalue weighted by Crippen LogP contribution is -2.26. The van der Waals surface area contributed by atoms with Crippen molar-refractivity contribution in [2.45, 2.75) is 33.3 Å². The zero-order valence-corrected chi connectivity index (χ0v) is 11.7. The molecular weight excluding hydrogens is 250 g/mol. The number of carbonyl (C=O) groups excluding carboxylic acids is 1. The predicted octanol–water partition coefficient (Wildman–Crippen LogP) is 4.39. The maximum atomic E-state index is 12.1. The summed E-state index contributed by atoms with van der Waals surface area (Å²) in [5, 5.41) is 1.50. The zero-order chi connectivity index (χ0) is 13.5. The molecule has 0 amide bonds. The Bertz CT molecular complexity index is 608. The normalized spacial score (nSPS) is 11.8. The molecule has 0 aliphatic heterocycles. The highest BCUT2D eigenvalue weighted by Crippen LogP contribution is 2.26. The molecule has 3 nitrogen and oxygen atoms in total. The molecule has 0 saturated heterocycles. The Hall–Kier alpha value is -1.48. The molecule has 1 aromatic heterocycles. The number of halogens is 1. The van der Waals surface area contributed by atoms with Crippen LogP contribution < -0.4 is 0 Å². The summed E-state index contributed by atoms with van der Waals surface area (Å²) in [6.07, 6.45) is 1.29. The first-order valence-corrected chi connectivity index (χ1v) is 6.16. The van der Waals surface area contributed by atoms with Gasteiger partial charge in [-0.25, -0.2) is 4.79 Å². The number of aryl methyl sites for hydroxylation is 1. The number of fused-ring (bicyclic) bond motifs is 1. The van der Waals surface area contributed by atoms with Gasteiger partial charge in [0.05, 0.1) is 10.5 Å². The summed E-state index contributed by atoms with van der Waals surface area (Å²) < 4.78 is 6.84. The van der Waals surface area contributed by atoms with Crippen LogP contribution in [0.5, 0.6) is 0 Å². The molecule has 18 heavy (non-hydrogen) atoms. The van der Waals surface area contributed by atoms with Crippen LogP contribution in [-0.2, 0) is 4.74 Å². The Morgan fingerprint density at radius 3 is 2.61 bits per heavy atom. The van der Waals surface area contributed by atoms with E-state index < -0.39 is 5.60 Å². The second kappa shape index (κ2) is 4.32. The smallest absolute Gasteiger partial charge is 0.418 e. The van der Waals surface area contributed by atoms with Crippen LogP contribution in [0.15, 0.2) is 24.4 Å². The summed E-state index contributed by atoms with van der Waals surface area (Å²) in [6, 6.07) is 5.62. The number of rotatable bonds is 0. The predicted molar refractivity (Wildman–Crippen MR) is 73.3 cm³/mol. The van der Waals surface area contributed by atoms with Crippen LogP contribution in [0.4, 0.5) is 4.79 Å². The van der Waals surface area contributed by atoms with Crippen LogP contribution in [0, 0.1) is 6.92 Å². The largest absolute Gasteiger partial charge is 0.443 e. The van der Waals surface area contributed by atoms with Crippen molar-refractivity contribution in [3.63, 3.8) is 0 Å². The van der Waals surface area contributed by atoms with Crippen molar-refractivity contribution in [2.75, 3.05) is 0 Å². The SMILES string of the molecule is Cc1cc(Cl)c2ccn(C(=O)OC(C)(C)C)c2c1. The number of carbonyl (C=O) groups is 1. The summed E-state index contributed by atoms with van der Waals surface area (Å²) in [5.41, 5.74) is 1.27. The van der Waals surface area contributed by atoms with Gasteiger partial charge >= 0.3 is 6.09 Å². The number of aromatic nitrogens is 1. The first-order chi connectivity index (χ1) is 8.28. The average Bonchev–Trinajstić information content (AvgIpc) is 2.58. The van der Waals surface area contributed by atoms with Gasteiger partial charge in [-0.15, -0.1) is 0 Å². The molecule has 0 unspecified atom stereocenters. The summed E-state index contributed by atoms with van der Waals surface area (Å²) in [7, 11) is 0. The van der Waals surface area contributed by atoms with Crippen molar-refractivity contribution < 1.29 is 9.53 Å². The number of hydrogen-bond donors (Lipinski definition) is 0. The maximum Gasteiger partial charge on any atom is 0.418 e. The molecule has 0 spiro atoms. The Balaban J connectivity index is 2.49. The highest BCUT2D eigenvalue weighted by molar-refractivity contribution is 6.35. The van der Waals surface area contributed by atoms with E-state index in [-0.39, 0.29) is 6.09 Å². The zero-order valence-electron chi connectivity index (χ0n) is 11.0. The average molecular weight is 266 g/mol. The van der Waals surface area contributed by atoms with E-state index in [0.717, 1.165) is 16.5 Å². The van der Waals surface area contributed by atoms with Crippen LogP contribution in [0.2, 0.25) is 5.02 Å². The van der Waals surface area contributed by atoms with Gasteiger partial charge in [0.25, 0.3) is 0 Å². The molecule has 0 N–H and O–H groups in total. The Kier molecular flexibility index (Phi) is 3.11. The van der Waals surface area contributed by atoms with Gasteiger partial charge in [0.1, 0.15) is 5.60 Å². The molecule has 0 radical (unpaired) electrons. The minimum absolute atomic E-state index is 0.390. The topological polar surface area (TPSA) is 31.2 Å². The Morgan fingerprint density at radius 2 is 2.00 bits per heavy atom. The van der Waals surface area contributed by atoms with E-state index in [1.807, 2.05) is 45.9 Å². The van der Waals surface area contributed by atoms with E-state index in [0.29, 0.717) is 5.02 Å². The lowest BCUT2D eigenvalue weighted by molar-refractivity contribution is 0.0544. The fourth-order valence-corrected chi connectivity index (χ4v) is 2.13. The van der Waals surface area contributed by atoms with Crippen LogP contribution in [0.1, 0.15) is 26.3 Å². The molecule has 96 valence electrons. The molecular formula is C14H16ClNO2. The number of benzene rings is 1. The highest BCUT2D eigenvalue weighted by atomic mass is 35.5. The van der Waals surface area contributed by atoms with Gasteiger partial charge in [0.15, 0.2) is 0 Å². The summed E-state index contributed by atoms with van der Waals surface area (Å²) in [5.74, 6) is 0. The lowest BCUT2D eigenvalue weighted by atomic mass is 10.2. The number of hydrogen-bond acceptors (Lipinski definition) is 2. The third kappa shape index (κ3) is 2.51. The van der Waals surface area contributed by atoms with Crippen molar-refractivity contribution in [2.24, 2.45) is 0 Å². The molecule has 0 fully saturated rings. The van der Waals surface area contributed by atoms with E-state index in [9.17, 15) is 4.79 Å². The third-order valence-corrected chi connectivity index (χ3v) is 2.80. The molecule has 1 heterocycles. The molecule has 0 saturated carbocycles. The van der Waals surface area contributed by atoms with E-state index >= 15 is 0 Å². The van der Waals surface area contributed by atoms with E-state index in [1.54, 1.807) is 6.20 Å². The summed E-state index contributed by atoms with van der Waals surface area (Å²) >= 11 is 6.15. The third-order valence-electron chi connectivity index (χ3n) is 2.49. The molecule has 0 atom stereocenters. The van der Waals surface area contributed by atoms with Crippen molar-refractivity contribution in [1.29, 1.82) is 0 Å². The molecule has 0 aliphatic carbocycles. The van der Waals surface area contributed by atoms with E-state index in [1.165, 1.54) is 4.57 Å². The van der Waals surface area contributed by atoms with Crippen molar-refractivity contribution in [3.05, 3.63) is 35.0 Å². The molecule has 2 aromatic rings. The van der Waals surface area contributed by atoms with E-state index in [4.69, 9.17) is 16.3 Å². The monoisotopic (exact) mass is 265 g/mol. The molecule has 2 rings (SSSR count). The van der Waals surface area contributed by atoms with Gasteiger partial charge in [-0.3, -0.25) is 4.57 Å². The van der Waals surface area contributed by atoms with Gasteiger partial charge in [0, 0.05) is 11.6 Å². The van der Waals surface area contributed by atoms with Gasteiger partial charge in [-0.1, -0.05) is 11.6 Å². The van der Waals surface area contributed by atoms with Crippen LogP contribution in [0.25, 0.3) is 10.9 Å². The fraction of sp³-hybridized carbons (Fsp3) is 0.357. The summed E-state index contributed by atoms with van der Waals surface area (Å²) in [4.78, 5) is 12.1. The van der Waals surface area contributed by atoms with Crippen LogP contribution in [-0.4, -0.2) is 16.3 Å². The van der Waals surface area contributed by atoms with Gasteiger partial charge in [-0.2, -0.15) is 0 Å². The summed E-state index contributed by atoms with van der Waals surface area (Å²) in [6.45, 7) is 7.47. The molecule has 0 aliphatic rings. The first kappa shape index (κ1) is 13.0. The molecule has 4 heteroatoms. The minimum atomic E-state index is -0.513. The van der Waals surface area contributed by atoms with Crippen LogP contribution in [0.3, 0.4) is 0 Å². The molecule has 1 aromatic carbocycles. The van der Waals surface area contributed by atoms with Gasteiger partial charge < -0.3 is 4.74 Å². The lowest BCUT2D eigenvalue weighted by Gasteiger charge is -2.19. The number of nitrogens with zero attached hydrogens (tertiary/aromatic N) is 1.